The molecule has 0 atom stereocenters. The molecule has 0 radical (unpaired) electrons. The van der Waals surface area contributed by atoms with E-state index in [2.05, 4.69) is 34.5 Å². The maximum Gasteiger partial charge on any atom is 0.240 e. The van der Waals surface area contributed by atoms with Crippen LogP contribution in [0.25, 0.3) is 0 Å². The highest BCUT2D eigenvalue weighted by Crippen LogP contribution is 2.30. The summed E-state index contributed by atoms with van der Waals surface area (Å²) in [5.74, 6) is 0. The van der Waals surface area contributed by atoms with E-state index in [1.165, 1.54) is 12.1 Å². The summed E-state index contributed by atoms with van der Waals surface area (Å²) < 4.78 is 27.8. The normalized spacial score (nSPS) is 12.7. The molecule has 0 bridgehead atoms. The SMILES string of the molecule is CCC(CC)(CNS(=O)(=O)c1ccc(Cl)c(Br)c1)SC. The summed E-state index contributed by atoms with van der Waals surface area (Å²) in [6.45, 7) is 4.57. The number of rotatable bonds is 7. The first-order chi connectivity index (χ1) is 9.30. The molecule has 1 aromatic rings. The molecular weight excluding hydrogens is 382 g/mol. The van der Waals surface area contributed by atoms with Gasteiger partial charge in [0.15, 0.2) is 0 Å². The molecule has 0 unspecified atom stereocenters. The van der Waals surface area contributed by atoms with Gasteiger partial charge < -0.3 is 0 Å². The highest BCUT2D eigenvalue weighted by atomic mass is 79.9. The molecular formula is C13H19BrClNO2S2. The molecule has 0 amide bonds. The van der Waals surface area contributed by atoms with Crippen molar-refractivity contribution in [2.24, 2.45) is 0 Å². The standard InChI is InChI=1S/C13H19BrClNO2S2/c1-4-13(5-2,19-3)9-16-20(17,18)10-6-7-12(15)11(14)8-10/h6-8,16H,4-5,9H2,1-3H3. The molecule has 20 heavy (non-hydrogen) atoms. The molecule has 1 N–H and O–H groups in total. The van der Waals surface area contributed by atoms with Crippen molar-refractivity contribution in [1.82, 2.24) is 4.72 Å². The Kier molecular flexibility index (Phi) is 6.86. The van der Waals surface area contributed by atoms with E-state index in [1.807, 2.05) is 6.26 Å². The number of sulfonamides is 1. The van der Waals surface area contributed by atoms with Crippen LogP contribution >= 0.6 is 39.3 Å². The zero-order valence-corrected chi connectivity index (χ0v) is 15.7. The van der Waals surface area contributed by atoms with Crippen LogP contribution in [-0.4, -0.2) is 26.0 Å². The van der Waals surface area contributed by atoms with Crippen LogP contribution in [0.15, 0.2) is 27.6 Å². The van der Waals surface area contributed by atoms with Gasteiger partial charge in [0.1, 0.15) is 0 Å². The van der Waals surface area contributed by atoms with Gasteiger partial charge in [-0.15, -0.1) is 0 Å². The smallest absolute Gasteiger partial charge is 0.210 e. The lowest BCUT2D eigenvalue weighted by Crippen LogP contribution is -2.39. The monoisotopic (exact) mass is 399 g/mol. The third-order valence-electron chi connectivity index (χ3n) is 3.51. The summed E-state index contributed by atoms with van der Waals surface area (Å²) in [5.41, 5.74) is 0. The lowest BCUT2D eigenvalue weighted by Gasteiger charge is -2.29. The molecule has 1 rings (SSSR count). The Balaban J connectivity index is 2.92. The van der Waals surface area contributed by atoms with Crippen LogP contribution in [0.4, 0.5) is 0 Å². The Morgan fingerprint density at radius 3 is 2.40 bits per heavy atom. The van der Waals surface area contributed by atoms with Crippen molar-refractivity contribution < 1.29 is 8.42 Å². The predicted molar refractivity (Wildman–Crippen MR) is 91.2 cm³/mol. The fraction of sp³-hybridized carbons (Fsp3) is 0.538. The number of benzene rings is 1. The minimum Gasteiger partial charge on any atom is -0.210 e. The Morgan fingerprint density at radius 2 is 1.95 bits per heavy atom. The van der Waals surface area contributed by atoms with Crippen LogP contribution in [0.1, 0.15) is 26.7 Å². The minimum absolute atomic E-state index is 0.0588. The molecule has 0 fully saturated rings. The average Bonchev–Trinajstić information content (AvgIpc) is 2.44. The Hall–Kier alpha value is 0.250. The van der Waals surface area contributed by atoms with Crippen LogP contribution in [-0.2, 0) is 10.0 Å². The lowest BCUT2D eigenvalue weighted by molar-refractivity contribution is 0.522. The van der Waals surface area contributed by atoms with Gasteiger partial charge in [0, 0.05) is 15.8 Å². The Bertz CT molecular complexity index is 551. The van der Waals surface area contributed by atoms with Gasteiger partial charge in [0.2, 0.25) is 10.0 Å². The molecule has 7 heteroatoms. The second kappa shape index (κ2) is 7.49. The second-order valence-corrected chi connectivity index (χ2v) is 8.80. The third-order valence-corrected chi connectivity index (χ3v) is 7.71. The Morgan fingerprint density at radius 1 is 1.35 bits per heavy atom. The largest absolute Gasteiger partial charge is 0.240 e. The van der Waals surface area contributed by atoms with E-state index in [9.17, 15) is 8.42 Å². The summed E-state index contributed by atoms with van der Waals surface area (Å²) in [6.07, 6.45) is 3.84. The molecule has 0 saturated heterocycles. The maximum atomic E-state index is 12.3. The van der Waals surface area contributed by atoms with Gasteiger partial charge in [-0.1, -0.05) is 25.4 Å². The quantitative estimate of drug-likeness (QED) is 0.742. The summed E-state index contributed by atoms with van der Waals surface area (Å²) >= 11 is 10.8. The predicted octanol–water partition coefficient (Wildman–Crippen LogP) is 4.30. The van der Waals surface area contributed by atoms with Gasteiger partial charge in [-0.25, -0.2) is 13.1 Å². The van der Waals surface area contributed by atoms with Crippen molar-refractivity contribution in [2.75, 3.05) is 12.8 Å². The van der Waals surface area contributed by atoms with Crippen LogP contribution < -0.4 is 4.72 Å². The second-order valence-electron chi connectivity index (χ2n) is 4.49. The zero-order chi connectivity index (χ0) is 15.4. The lowest BCUT2D eigenvalue weighted by atomic mass is 10.0. The van der Waals surface area contributed by atoms with Crippen molar-refractivity contribution in [1.29, 1.82) is 0 Å². The van der Waals surface area contributed by atoms with E-state index in [1.54, 1.807) is 17.8 Å². The van der Waals surface area contributed by atoms with Crippen LogP contribution in [0, 0.1) is 0 Å². The van der Waals surface area contributed by atoms with Crippen molar-refractivity contribution >= 4 is 49.3 Å². The summed E-state index contributed by atoms with van der Waals surface area (Å²) in [5, 5.41) is 0.490. The van der Waals surface area contributed by atoms with Crippen molar-refractivity contribution in [3.63, 3.8) is 0 Å². The van der Waals surface area contributed by atoms with Crippen LogP contribution in [0.3, 0.4) is 0 Å². The summed E-state index contributed by atoms with van der Waals surface area (Å²) in [7, 11) is -3.51. The fourth-order valence-corrected chi connectivity index (χ4v) is 4.50. The van der Waals surface area contributed by atoms with E-state index < -0.39 is 10.0 Å². The van der Waals surface area contributed by atoms with E-state index in [0.717, 1.165) is 12.8 Å². The van der Waals surface area contributed by atoms with Gasteiger partial charge >= 0.3 is 0 Å². The van der Waals surface area contributed by atoms with Crippen LogP contribution in [0.2, 0.25) is 5.02 Å². The van der Waals surface area contributed by atoms with Gasteiger partial charge in [0.05, 0.1) is 9.92 Å². The molecule has 0 spiro atoms. The molecule has 0 heterocycles. The minimum atomic E-state index is -3.51. The highest BCUT2D eigenvalue weighted by molar-refractivity contribution is 9.10. The Labute approximate surface area is 139 Å². The average molecular weight is 401 g/mol. The molecule has 114 valence electrons. The first-order valence-electron chi connectivity index (χ1n) is 6.30. The molecule has 0 saturated carbocycles. The first-order valence-corrected chi connectivity index (χ1v) is 10.2. The van der Waals surface area contributed by atoms with Gasteiger partial charge in [0.25, 0.3) is 0 Å². The topological polar surface area (TPSA) is 46.2 Å². The zero-order valence-electron chi connectivity index (χ0n) is 11.7. The van der Waals surface area contributed by atoms with Crippen molar-refractivity contribution in [3.05, 3.63) is 27.7 Å². The number of hydrogen-bond acceptors (Lipinski definition) is 3. The molecule has 0 aromatic heterocycles. The highest BCUT2D eigenvalue weighted by Gasteiger charge is 2.27. The number of nitrogens with one attached hydrogen (secondary N) is 1. The number of hydrogen-bond donors (Lipinski definition) is 1. The van der Waals surface area contributed by atoms with E-state index in [4.69, 9.17) is 11.6 Å². The van der Waals surface area contributed by atoms with Gasteiger partial charge in [-0.05, 0) is 53.2 Å². The summed E-state index contributed by atoms with van der Waals surface area (Å²) in [6, 6.07) is 4.60. The summed E-state index contributed by atoms with van der Waals surface area (Å²) in [4.78, 5) is 0.219. The fourth-order valence-electron chi connectivity index (χ4n) is 1.81. The first kappa shape index (κ1) is 18.3. The molecule has 0 aliphatic heterocycles. The van der Waals surface area contributed by atoms with E-state index >= 15 is 0 Å². The third kappa shape index (κ3) is 4.37. The molecule has 0 aliphatic carbocycles. The van der Waals surface area contributed by atoms with Gasteiger partial charge in [-0.2, -0.15) is 11.8 Å². The van der Waals surface area contributed by atoms with Crippen LogP contribution in [0.5, 0.6) is 0 Å². The van der Waals surface area contributed by atoms with Crippen molar-refractivity contribution in [2.45, 2.75) is 36.3 Å². The molecule has 1 aromatic carbocycles. The maximum absolute atomic E-state index is 12.3. The number of halogens is 2. The van der Waals surface area contributed by atoms with Crippen molar-refractivity contribution in [3.8, 4) is 0 Å². The molecule has 0 aliphatic rings. The van der Waals surface area contributed by atoms with E-state index in [0.29, 0.717) is 16.0 Å². The van der Waals surface area contributed by atoms with E-state index in [-0.39, 0.29) is 9.64 Å². The molecule has 3 nitrogen and oxygen atoms in total. The number of thioether (sulfide) groups is 1. The van der Waals surface area contributed by atoms with Gasteiger partial charge in [-0.3, -0.25) is 0 Å².